The highest BCUT2D eigenvalue weighted by Gasteiger charge is 2.23. The number of nitrogens with zero attached hydrogens (tertiary/aromatic N) is 6. The van der Waals surface area contributed by atoms with Crippen LogP contribution in [0.3, 0.4) is 0 Å². The highest BCUT2D eigenvalue weighted by Crippen LogP contribution is 2.37. The molecular weight excluding hydrogens is 708 g/mol. The molecule has 0 atom stereocenters. The summed E-state index contributed by atoms with van der Waals surface area (Å²) in [6, 6.07) is 27.4. The Balaban J connectivity index is 1.09. The van der Waals surface area contributed by atoms with Crippen LogP contribution in [0.2, 0.25) is 0 Å². The number of nitrogens with one attached hydrogen (secondary N) is 2. The van der Waals surface area contributed by atoms with Gasteiger partial charge in [-0.3, -0.25) is 0 Å². The first-order valence-electron chi connectivity index (χ1n) is 21.1. The minimum atomic E-state index is -0.228. The first kappa shape index (κ1) is 36.8. The van der Waals surface area contributed by atoms with Crippen LogP contribution in [-0.4, -0.2) is 39.9 Å². The van der Waals surface area contributed by atoms with Crippen molar-refractivity contribution in [2.75, 3.05) is 0 Å². The second-order valence-corrected chi connectivity index (χ2v) is 15.5. The summed E-state index contributed by atoms with van der Waals surface area (Å²) in [4.78, 5) is 37.4. The molecule has 8 bridgehead atoms. The Bertz CT molecular complexity index is 2720. The van der Waals surface area contributed by atoms with Crippen molar-refractivity contribution in [2.24, 2.45) is 0 Å². The summed E-state index contributed by atoms with van der Waals surface area (Å²) in [6.45, 7) is 2.27. The molecule has 9 rings (SSSR count). The number of aromatic nitrogens is 8. The smallest absolute Gasteiger partial charge is 0.164 e. The minimum absolute atomic E-state index is 0.228. The largest absolute Gasteiger partial charge is 0.324 e. The monoisotopic (exact) mass is 756 g/mol. The van der Waals surface area contributed by atoms with Crippen LogP contribution in [0.25, 0.3) is 89.7 Å². The van der Waals surface area contributed by atoms with Crippen molar-refractivity contribution in [3.8, 4) is 45.6 Å². The van der Waals surface area contributed by atoms with E-state index in [0.717, 1.165) is 63.1 Å². The third kappa shape index (κ3) is 7.55. The molecule has 2 aliphatic heterocycles. The van der Waals surface area contributed by atoms with Gasteiger partial charge in [0.25, 0.3) is 0 Å². The average molecular weight is 757 g/mol. The standard InChI is InChI=1S/C48H49FN8/c1-2-3-4-5-6-7-8-9-10-11-12-13-14-15-28-37-39(49)30-29-38-40(37)48-56-46-36-27-21-20-26-35(36)44(54-46)52-42-32-23-17-16-22-31(32)41(50-42)51-43-33-24-18-19-25-34(33)45(53-43)55-47(38)57-48/h16-27,29-30H,2-15,28H2,1H3,(H2,50,51,52,53,54,55,56,57). The number of benzene rings is 4. The lowest BCUT2D eigenvalue weighted by Crippen LogP contribution is -1.93. The molecule has 0 aliphatic carbocycles. The maximum Gasteiger partial charge on any atom is 0.164 e. The number of hydrogen-bond donors (Lipinski definition) is 2. The van der Waals surface area contributed by atoms with Crippen LogP contribution in [0.4, 0.5) is 4.39 Å². The molecule has 0 amide bonds. The molecular formula is C48H49FN8. The first-order chi connectivity index (χ1) is 28.2. The maximum atomic E-state index is 16.0. The Kier molecular flexibility index (Phi) is 10.8. The van der Waals surface area contributed by atoms with E-state index >= 15 is 4.39 Å². The number of unbranched alkanes of at least 4 members (excludes halogenated alkanes) is 13. The van der Waals surface area contributed by atoms with Crippen LogP contribution in [0.15, 0.2) is 84.9 Å². The van der Waals surface area contributed by atoms with Crippen LogP contribution in [0.1, 0.15) is 102 Å². The Morgan fingerprint density at radius 1 is 0.404 bits per heavy atom. The number of aromatic amines is 2. The zero-order chi connectivity index (χ0) is 38.6. The van der Waals surface area contributed by atoms with Gasteiger partial charge < -0.3 is 9.97 Å². The highest BCUT2D eigenvalue weighted by atomic mass is 19.1. The lowest BCUT2D eigenvalue weighted by atomic mass is 10.00. The molecule has 9 heteroatoms. The topological polar surface area (TPSA) is 109 Å². The number of H-pyrrole nitrogens is 2. The second-order valence-electron chi connectivity index (χ2n) is 15.5. The van der Waals surface area contributed by atoms with Crippen molar-refractivity contribution in [3.63, 3.8) is 0 Å². The van der Waals surface area contributed by atoms with E-state index in [1.807, 2.05) is 78.9 Å². The Hall–Kier alpha value is -5.83. The predicted octanol–water partition coefficient (Wildman–Crippen LogP) is 13.0. The molecule has 3 aromatic heterocycles. The van der Waals surface area contributed by atoms with Crippen molar-refractivity contribution in [3.05, 3.63) is 96.3 Å². The first-order valence-corrected chi connectivity index (χ1v) is 21.1. The number of aryl methyl sites for hydroxylation is 1. The van der Waals surface area contributed by atoms with E-state index in [1.54, 1.807) is 6.07 Å². The summed E-state index contributed by atoms with van der Waals surface area (Å²) in [5, 5.41) is 3.39. The molecule has 2 aliphatic rings. The fourth-order valence-electron chi connectivity index (χ4n) is 8.52. The Morgan fingerprint density at radius 2 is 0.789 bits per heavy atom. The van der Waals surface area contributed by atoms with Gasteiger partial charge in [-0.05, 0) is 30.5 Å². The Morgan fingerprint density at radius 3 is 1.26 bits per heavy atom. The van der Waals surface area contributed by atoms with E-state index in [2.05, 4.69) is 16.9 Å². The van der Waals surface area contributed by atoms with Gasteiger partial charge in [0.15, 0.2) is 23.3 Å². The van der Waals surface area contributed by atoms with Gasteiger partial charge in [-0.15, -0.1) is 0 Å². The van der Waals surface area contributed by atoms with Crippen LogP contribution in [0, 0.1) is 5.82 Å². The van der Waals surface area contributed by atoms with Gasteiger partial charge in [-0.25, -0.2) is 34.3 Å². The molecule has 57 heavy (non-hydrogen) atoms. The molecule has 7 aromatic rings. The summed E-state index contributed by atoms with van der Waals surface area (Å²) in [6.07, 6.45) is 18.5. The third-order valence-corrected chi connectivity index (χ3v) is 11.6. The van der Waals surface area contributed by atoms with Gasteiger partial charge in [-0.1, -0.05) is 163 Å². The van der Waals surface area contributed by atoms with Gasteiger partial charge >= 0.3 is 0 Å². The van der Waals surface area contributed by atoms with Gasteiger partial charge in [0, 0.05) is 43.8 Å². The normalized spacial score (nSPS) is 12.0. The lowest BCUT2D eigenvalue weighted by molar-refractivity contribution is 0.534. The highest BCUT2D eigenvalue weighted by molar-refractivity contribution is 6.07. The second kappa shape index (κ2) is 16.7. The molecule has 0 unspecified atom stereocenters. The molecule has 0 saturated heterocycles. The van der Waals surface area contributed by atoms with E-state index in [-0.39, 0.29) is 5.82 Å². The molecule has 0 spiro atoms. The van der Waals surface area contributed by atoms with Crippen molar-refractivity contribution in [1.82, 2.24) is 39.9 Å². The average Bonchev–Trinajstić information content (AvgIpc) is 3.97. The molecule has 5 heterocycles. The summed E-state index contributed by atoms with van der Waals surface area (Å²) < 4.78 is 16.0. The third-order valence-electron chi connectivity index (χ3n) is 11.6. The summed E-state index contributed by atoms with van der Waals surface area (Å²) in [5.41, 5.74) is 6.56. The summed E-state index contributed by atoms with van der Waals surface area (Å²) in [5.74, 6) is 1.92. The molecule has 0 radical (unpaired) electrons. The van der Waals surface area contributed by atoms with E-state index in [4.69, 9.17) is 29.9 Å². The van der Waals surface area contributed by atoms with E-state index in [1.165, 1.54) is 70.6 Å². The van der Waals surface area contributed by atoms with E-state index in [0.29, 0.717) is 57.9 Å². The van der Waals surface area contributed by atoms with E-state index in [9.17, 15) is 0 Å². The molecule has 2 N–H and O–H groups in total. The van der Waals surface area contributed by atoms with Gasteiger partial charge in [-0.2, -0.15) is 0 Å². The fourth-order valence-corrected chi connectivity index (χ4v) is 8.52. The minimum Gasteiger partial charge on any atom is -0.324 e. The van der Waals surface area contributed by atoms with Crippen LogP contribution >= 0.6 is 0 Å². The van der Waals surface area contributed by atoms with E-state index < -0.39 is 0 Å². The molecule has 288 valence electrons. The molecule has 4 aromatic carbocycles. The van der Waals surface area contributed by atoms with Gasteiger partial charge in [0.1, 0.15) is 28.4 Å². The van der Waals surface area contributed by atoms with Crippen LogP contribution < -0.4 is 0 Å². The van der Waals surface area contributed by atoms with Gasteiger partial charge in [0.2, 0.25) is 0 Å². The number of hydrogen-bond acceptors (Lipinski definition) is 6. The van der Waals surface area contributed by atoms with Crippen LogP contribution in [-0.2, 0) is 6.42 Å². The Labute approximate surface area is 332 Å². The van der Waals surface area contributed by atoms with Crippen LogP contribution in [0.5, 0.6) is 0 Å². The van der Waals surface area contributed by atoms with Gasteiger partial charge in [0.05, 0.1) is 0 Å². The van der Waals surface area contributed by atoms with Crippen molar-refractivity contribution >= 4 is 44.1 Å². The quantitative estimate of drug-likeness (QED) is 0.101. The molecule has 8 nitrogen and oxygen atoms in total. The number of rotatable bonds is 15. The summed E-state index contributed by atoms with van der Waals surface area (Å²) in [7, 11) is 0. The molecule has 0 saturated carbocycles. The van der Waals surface area contributed by atoms with Crippen molar-refractivity contribution in [1.29, 1.82) is 0 Å². The predicted molar refractivity (Wildman–Crippen MR) is 230 cm³/mol. The van der Waals surface area contributed by atoms with Crippen molar-refractivity contribution < 1.29 is 4.39 Å². The summed E-state index contributed by atoms with van der Waals surface area (Å²) >= 11 is 0. The fraction of sp³-hybridized carbons (Fsp3) is 0.333. The lowest BCUT2D eigenvalue weighted by Gasteiger charge is -2.06. The number of fused-ring (bicyclic) bond motifs is 20. The number of halogens is 1. The zero-order valence-electron chi connectivity index (χ0n) is 32.8. The zero-order valence-corrected chi connectivity index (χ0v) is 32.8. The van der Waals surface area contributed by atoms with Crippen molar-refractivity contribution in [2.45, 2.75) is 103 Å². The SMILES string of the molecule is CCCCCCCCCCCCCCCCc1c(F)ccc2c3nc4nc(nc5[nH]c(nc6nc(nc([nH]3)c12)-c1ccccc1-6)c1ccccc51)-c1ccccc1-4. The molecule has 0 fully saturated rings. The maximum absolute atomic E-state index is 16.0.